The Morgan fingerprint density at radius 2 is 1.67 bits per heavy atom. The number of rotatable bonds is 5. The van der Waals surface area contributed by atoms with Crippen LogP contribution in [0.2, 0.25) is 0 Å². The molecule has 1 saturated heterocycles. The number of nitrogens with zero attached hydrogens (tertiary/aromatic N) is 2. The van der Waals surface area contributed by atoms with Gasteiger partial charge in [-0.3, -0.25) is 14.5 Å². The van der Waals surface area contributed by atoms with Crippen LogP contribution < -0.4 is 5.32 Å². The monoisotopic (exact) mass is 331 g/mol. The Hall–Kier alpha value is -1.88. The predicted octanol–water partition coefficient (Wildman–Crippen LogP) is 1.63. The number of amides is 2. The summed E-state index contributed by atoms with van der Waals surface area (Å²) >= 11 is 0. The Kier molecular flexibility index (Phi) is 5.99. The van der Waals surface area contributed by atoms with Crippen molar-refractivity contribution in [2.24, 2.45) is 0 Å². The number of nitrogens with one attached hydrogen (secondary N) is 1. The SMILES string of the molecule is CC(C)NC(=O)CN1CCN(C(=O)C(C)(C)c2ccccc2)CC1. The van der Waals surface area contributed by atoms with Gasteiger partial charge < -0.3 is 10.2 Å². The van der Waals surface area contributed by atoms with E-state index in [0.717, 1.165) is 18.7 Å². The summed E-state index contributed by atoms with van der Waals surface area (Å²) in [4.78, 5) is 28.8. The lowest BCUT2D eigenvalue weighted by Crippen LogP contribution is -2.54. The molecular formula is C19H29N3O2. The standard InChI is InChI=1S/C19H29N3O2/c1-15(2)20-17(23)14-21-10-12-22(13-11-21)18(24)19(3,4)16-8-6-5-7-9-16/h5-9,15H,10-14H2,1-4H3,(H,20,23). The van der Waals surface area contributed by atoms with E-state index in [1.165, 1.54) is 0 Å². The van der Waals surface area contributed by atoms with Gasteiger partial charge in [0.15, 0.2) is 0 Å². The van der Waals surface area contributed by atoms with Crippen LogP contribution in [0.1, 0.15) is 33.3 Å². The first kappa shape index (κ1) is 18.5. The van der Waals surface area contributed by atoms with Crippen LogP contribution in [0.15, 0.2) is 30.3 Å². The third-order valence-corrected chi connectivity index (χ3v) is 4.51. The van der Waals surface area contributed by atoms with Crippen molar-refractivity contribution in [1.29, 1.82) is 0 Å². The lowest BCUT2D eigenvalue weighted by atomic mass is 9.83. The normalized spacial score (nSPS) is 16.3. The average Bonchev–Trinajstić information content (AvgIpc) is 2.55. The summed E-state index contributed by atoms with van der Waals surface area (Å²) in [5.41, 5.74) is 0.507. The van der Waals surface area contributed by atoms with E-state index in [9.17, 15) is 9.59 Å². The van der Waals surface area contributed by atoms with E-state index in [-0.39, 0.29) is 17.9 Å². The molecule has 2 amide bonds. The highest BCUT2D eigenvalue weighted by Crippen LogP contribution is 2.26. The molecule has 5 heteroatoms. The maximum atomic E-state index is 12.9. The van der Waals surface area contributed by atoms with E-state index >= 15 is 0 Å². The van der Waals surface area contributed by atoms with Crippen molar-refractivity contribution < 1.29 is 9.59 Å². The minimum absolute atomic E-state index is 0.0504. The van der Waals surface area contributed by atoms with Crippen molar-refractivity contribution in [2.45, 2.75) is 39.2 Å². The molecule has 0 atom stereocenters. The molecule has 2 rings (SSSR count). The lowest BCUT2D eigenvalue weighted by molar-refractivity contribution is -0.138. The quantitative estimate of drug-likeness (QED) is 0.892. The van der Waals surface area contributed by atoms with Crippen molar-refractivity contribution >= 4 is 11.8 Å². The molecule has 132 valence electrons. The summed E-state index contributed by atoms with van der Waals surface area (Å²) in [6, 6.07) is 10.1. The molecule has 1 aliphatic rings. The zero-order chi connectivity index (χ0) is 17.7. The van der Waals surface area contributed by atoms with Crippen LogP contribution in [0, 0.1) is 0 Å². The van der Waals surface area contributed by atoms with Crippen LogP contribution in [-0.4, -0.2) is 60.4 Å². The van der Waals surface area contributed by atoms with Crippen LogP contribution in [-0.2, 0) is 15.0 Å². The molecule has 0 bridgehead atoms. The zero-order valence-corrected chi connectivity index (χ0v) is 15.2. The Morgan fingerprint density at radius 3 is 2.21 bits per heavy atom. The van der Waals surface area contributed by atoms with Gasteiger partial charge in [0.25, 0.3) is 0 Å². The molecule has 1 aromatic carbocycles. The molecule has 1 aliphatic heterocycles. The van der Waals surface area contributed by atoms with Gasteiger partial charge in [-0.2, -0.15) is 0 Å². The van der Waals surface area contributed by atoms with E-state index in [1.807, 2.05) is 62.9 Å². The van der Waals surface area contributed by atoms with Crippen LogP contribution in [0.5, 0.6) is 0 Å². The number of benzene rings is 1. The third kappa shape index (κ3) is 4.57. The van der Waals surface area contributed by atoms with E-state index in [1.54, 1.807) is 0 Å². The fraction of sp³-hybridized carbons (Fsp3) is 0.579. The molecule has 1 fully saturated rings. The Balaban J connectivity index is 1.90. The summed E-state index contributed by atoms with van der Waals surface area (Å²) < 4.78 is 0. The van der Waals surface area contributed by atoms with Gasteiger partial charge in [-0.05, 0) is 33.3 Å². The van der Waals surface area contributed by atoms with Crippen molar-refractivity contribution in [3.8, 4) is 0 Å². The highest BCUT2D eigenvalue weighted by atomic mass is 16.2. The van der Waals surface area contributed by atoms with Gasteiger partial charge in [0.1, 0.15) is 0 Å². The molecular weight excluding hydrogens is 302 g/mol. The van der Waals surface area contributed by atoms with E-state index in [4.69, 9.17) is 0 Å². The molecule has 0 radical (unpaired) electrons. The maximum Gasteiger partial charge on any atom is 0.234 e. The summed E-state index contributed by atoms with van der Waals surface area (Å²) in [6.07, 6.45) is 0. The van der Waals surface area contributed by atoms with Gasteiger partial charge in [0.05, 0.1) is 12.0 Å². The number of carbonyl (C=O) groups is 2. The van der Waals surface area contributed by atoms with Crippen LogP contribution >= 0.6 is 0 Å². The first-order chi connectivity index (χ1) is 11.3. The summed E-state index contributed by atoms with van der Waals surface area (Å²) in [6.45, 7) is 11.1. The second kappa shape index (κ2) is 7.79. The molecule has 0 unspecified atom stereocenters. The summed E-state index contributed by atoms with van der Waals surface area (Å²) in [7, 11) is 0. The Morgan fingerprint density at radius 1 is 1.08 bits per heavy atom. The number of piperazine rings is 1. The van der Waals surface area contributed by atoms with E-state index in [2.05, 4.69) is 10.2 Å². The van der Waals surface area contributed by atoms with Crippen molar-refractivity contribution in [3.05, 3.63) is 35.9 Å². The van der Waals surface area contributed by atoms with Gasteiger partial charge >= 0.3 is 0 Å². The fourth-order valence-electron chi connectivity index (χ4n) is 3.05. The largest absolute Gasteiger partial charge is 0.353 e. The molecule has 5 nitrogen and oxygen atoms in total. The first-order valence-electron chi connectivity index (χ1n) is 8.67. The van der Waals surface area contributed by atoms with Gasteiger partial charge in [0.2, 0.25) is 11.8 Å². The van der Waals surface area contributed by atoms with Gasteiger partial charge in [0, 0.05) is 32.2 Å². The molecule has 1 N–H and O–H groups in total. The molecule has 0 spiro atoms. The number of hydrogen-bond acceptors (Lipinski definition) is 3. The van der Waals surface area contributed by atoms with Gasteiger partial charge in [-0.15, -0.1) is 0 Å². The predicted molar refractivity (Wildman–Crippen MR) is 95.8 cm³/mol. The first-order valence-corrected chi connectivity index (χ1v) is 8.67. The lowest BCUT2D eigenvalue weighted by Gasteiger charge is -2.38. The van der Waals surface area contributed by atoms with E-state index in [0.29, 0.717) is 19.6 Å². The van der Waals surface area contributed by atoms with Crippen molar-refractivity contribution in [2.75, 3.05) is 32.7 Å². The zero-order valence-electron chi connectivity index (χ0n) is 15.2. The second-order valence-corrected chi connectivity index (χ2v) is 7.28. The molecule has 1 aromatic rings. The minimum Gasteiger partial charge on any atom is -0.353 e. The Bertz CT molecular complexity index is 561. The minimum atomic E-state index is -0.529. The van der Waals surface area contributed by atoms with Gasteiger partial charge in [-0.1, -0.05) is 30.3 Å². The molecule has 1 heterocycles. The molecule has 24 heavy (non-hydrogen) atoms. The summed E-state index contributed by atoms with van der Waals surface area (Å²) in [5.74, 6) is 0.203. The second-order valence-electron chi connectivity index (χ2n) is 7.28. The Labute approximate surface area is 145 Å². The van der Waals surface area contributed by atoms with Crippen LogP contribution in [0.4, 0.5) is 0 Å². The average molecular weight is 331 g/mol. The number of hydrogen-bond donors (Lipinski definition) is 1. The smallest absolute Gasteiger partial charge is 0.234 e. The topological polar surface area (TPSA) is 52.7 Å². The fourth-order valence-corrected chi connectivity index (χ4v) is 3.05. The van der Waals surface area contributed by atoms with Gasteiger partial charge in [-0.25, -0.2) is 0 Å². The highest BCUT2D eigenvalue weighted by Gasteiger charge is 2.35. The molecule has 0 saturated carbocycles. The van der Waals surface area contributed by atoms with Crippen LogP contribution in [0.25, 0.3) is 0 Å². The van der Waals surface area contributed by atoms with E-state index < -0.39 is 5.41 Å². The van der Waals surface area contributed by atoms with Crippen LogP contribution in [0.3, 0.4) is 0 Å². The maximum absolute atomic E-state index is 12.9. The molecule has 0 aliphatic carbocycles. The number of carbonyl (C=O) groups excluding carboxylic acids is 2. The van der Waals surface area contributed by atoms with Crippen molar-refractivity contribution in [1.82, 2.24) is 15.1 Å². The molecule has 0 aromatic heterocycles. The van der Waals surface area contributed by atoms with Crippen molar-refractivity contribution in [3.63, 3.8) is 0 Å². The third-order valence-electron chi connectivity index (χ3n) is 4.51. The summed E-state index contributed by atoms with van der Waals surface area (Å²) in [5, 5.41) is 2.91. The highest BCUT2D eigenvalue weighted by molar-refractivity contribution is 5.87.